The Kier molecular flexibility index (Phi) is 12.8. The molecule has 190 valence electrons. The normalized spacial score (nSPS) is 14.6. The SMILES string of the molecule is COCCCOc1cc(CC(CC(N)C(O)CNC(=O)CC(C)(C)C)C(C)C)ccc1OC. The molecule has 3 unspecified atom stereocenters. The Morgan fingerprint density at radius 3 is 2.42 bits per heavy atom. The summed E-state index contributed by atoms with van der Waals surface area (Å²) in [7, 11) is 3.31. The number of carbonyl (C=O) groups excluding carboxylic acids is 1. The highest BCUT2D eigenvalue weighted by Gasteiger charge is 2.24. The third-order valence-corrected chi connectivity index (χ3v) is 5.69. The lowest BCUT2D eigenvalue weighted by Gasteiger charge is -2.28. The summed E-state index contributed by atoms with van der Waals surface area (Å²) in [4.78, 5) is 12.1. The predicted molar refractivity (Wildman–Crippen MR) is 133 cm³/mol. The summed E-state index contributed by atoms with van der Waals surface area (Å²) >= 11 is 0. The number of methoxy groups -OCH3 is 2. The van der Waals surface area contributed by atoms with Gasteiger partial charge in [0.2, 0.25) is 5.91 Å². The number of nitrogens with two attached hydrogens (primary N) is 1. The van der Waals surface area contributed by atoms with Crippen molar-refractivity contribution in [3.8, 4) is 11.5 Å². The van der Waals surface area contributed by atoms with Crippen LogP contribution in [0.5, 0.6) is 11.5 Å². The minimum Gasteiger partial charge on any atom is -0.493 e. The van der Waals surface area contributed by atoms with E-state index in [2.05, 4.69) is 19.2 Å². The van der Waals surface area contributed by atoms with Gasteiger partial charge in [0.25, 0.3) is 0 Å². The van der Waals surface area contributed by atoms with E-state index in [1.165, 1.54) is 0 Å². The Labute approximate surface area is 200 Å². The minimum absolute atomic E-state index is 0.0644. The molecular weight excluding hydrogens is 420 g/mol. The molecule has 0 saturated heterocycles. The van der Waals surface area contributed by atoms with Crippen LogP contribution >= 0.6 is 0 Å². The molecule has 1 rings (SSSR count). The van der Waals surface area contributed by atoms with Crippen molar-refractivity contribution >= 4 is 5.91 Å². The Bertz CT molecular complexity index is 702. The molecule has 1 amide bonds. The summed E-state index contributed by atoms with van der Waals surface area (Å²) in [6.07, 6.45) is 1.90. The summed E-state index contributed by atoms with van der Waals surface area (Å²) in [5.74, 6) is 2.02. The van der Waals surface area contributed by atoms with E-state index in [0.717, 1.165) is 24.2 Å². The number of benzene rings is 1. The number of rotatable bonds is 15. The molecule has 7 heteroatoms. The third-order valence-electron chi connectivity index (χ3n) is 5.69. The molecule has 0 aliphatic heterocycles. The quantitative estimate of drug-likeness (QED) is 0.342. The van der Waals surface area contributed by atoms with Crippen LogP contribution in [0, 0.1) is 17.3 Å². The average Bonchev–Trinajstić information content (AvgIpc) is 2.73. The second-order valence-corrected chi connectivity index (χ2v) is 10.4. The van der Waals surface area contributed by atoms with Gasteiger partial charge in [-0.3, -0.25) is 4.79 Å². The van der Waals surface area contributed by atoms with Crippen LogP contribution in [-0.2, 0) is 16.0 Å². The zero-order valence-corrected chi connectivity index (χ0v) is 21.6. The predicted octanol–water partition coefficient (Wildman–Crippen LogP) is 3.56. The number of nitrogens with one attached hydrogen (secondary N) is 1. The van der Waals surface area contributed by atoms with Gasteiger partial charge in [0.1, 0.15) is 0 Å². The van der Waals surface area contributed by atoms with Crippen molar-refractivity contribution in [3.63, 3.8) is 0 Å². The van der Waals surface area contributed by atoms with Crippen molar-refractivity contribution in [2.75, 3.05) is 34.0 Å². The number of carbonyl (C=O) groups is 1. The molecule has 0 bridgehead atoms. The summed E-state index contributed by atoms with van der Waals surface area (Å²) in [5.41, 5.74) is 7.38. The Morgan fingerprint density at radius 2 is 1.85 bits per heavy atom. The third kappa shape index (κ3) is 11.7. The van der Waals surface area contributed by atoms with E-state index < -0.39 is 12.1 Å². The van der Waals surface area contributed by atoms with Crippen LogP contribution in [0.1, 0.15) is 59.4 Å². The maximum atomic E-state index is 12.1. The van der Waals surface area contributed by atoms with E-state index in [9.17, 15) is 9.90 Å². The van der Waals surface area contributed by atoms with Gasteiger partial charge in [-0.2, -0.15) is 0 Å². The zero-order valence-electron chi connectivity index (χ0n) is 21.6. The highest BCUT2D eigenvalue weighted by atomic mass is 16.5. The molecule has 0 fully saturated rings. The van der Waals surface area contributed by atoms with Gasteiger partial charge in [0, 0.05) is 39.1 Å². The first-order valence-electron chi connectivity index (χ1n) is 12.0. The lowest BCUT2D eigenvalue weighted by Crippen LogP contribution is -2.45. The van der Waals surface area contributed by atoms with Crippen molar-refractivity contribution < 1.29 is 24.1 Å². The fraction of sp³-hybridized carbons (Fsp3) is 0.731. The number of aliphatic hydroxyl groups excluding tert-OH is 1. The topological polar surface area (TPSA) is 103 Å². The average molecular weight is 467 g/mol. The van der Waals surface area contributed by atoms with Crippen molar-refractivity contribution in [2.45, 2.75) is 72.4 Å². The van der Waals surface area contributed by atoms with Gasteiger partial charge in [-0.25, -0.2) is 0 Å². The number of ether oxygens (including phenoxy) is 3. The van der Waals surface area contributed by atoms with Gasteiger partial charge in [-0.05, 0) is 47.8 Å². The Hall–Kier alpha value is -1.83. The van der Waals surface area contributed by atoms with E-state index in [4.69, 9.17) is 19.9 Å². The molecule has 4 N–H and O–H groups in total. The highest BCUT2D eigenvalue weighted by Crippen LogP contribution is 2.31. The van der Waals surface area contributed by atoms with Crippen molar-refractivity contribution in [1.82, 2.24) is 5.32 Å². The van der Waals surface area contributed by atoms with Crippen molar-refractivity contribution in [1.29, 1.82) is 0 Å². The van der Waals surface area contributed by atoms with E-state index >= 15 is 0 Å². The molecule has 3 atom stereocenters. The van der Waals surface area contributed by atoms with Crippen LogP contribution in [0.25, 0.3) is 0 Å². The van der Waals surface area contributed by atoms with E-state index in [-0.39, 0.29) is 23.8 Å². The first kappa shape index (κ1) is 29.2. The molecular formula is C26H46N2O5. The van der Waals surface area contributed by atoms with Crippen LogP contribution < -0.4 is 20.5 Å². The van der Waals surface area contributed by atoms with Crippen LogP contribution in [0.2, 0.25) is 0 Å². The van der Waals surface area contributed by atoms with Gasteiger partial charge in [-0.1, -0.05) is 40.7 Å². The molecule has 0 saturated carbocycles. The number of amides is 1. The maximum absolute atomic E-state index is 12.1. The second-order valence-electron chi connectivity index (χ2n) is 10.4. The molecule has 0 spiro atoms. The number of aliphatic hydroxyl groups is 1. The van der Waals surface area contributed by atoms with Crippen molar-refractivity contribution in [3.05, 3.63) is 23.8 Å². The molecule has 1 aromatic rings. The van der Waals surface area contributed by atoms with Crippen LogP contribution in [0.15, 0.2) is 18.2 Å². The molecule has 7 nitrogen and oxygen atoms in total. The minimum atomic E-state index is -0.786. The molecule has 0 heterocycles. The van der Waals surface area contributed by atoms with Gasteiger partial charge in [-0.15, -0.1) is 0 Å². The monoisotopic (exact) mass is 466 g/mol. The zero-order chi connectivity index (χ0) is 25.0. The number of hydrogen-bond acceptors (Lipinski definition) is 6. The second kappa shape index (κ2) is 14.4. The molecule has 0 radical (unpaired) electrons. The summed E-state index contributed by atoms with van der Waals surface area (Å²) in [5, 5.41) is 13.3. The lowest BCUT2D eigenvalue weighted by molar-refractivity contribution is -0.123. The van der Waals surface area contributed by atoms with Crippen LogP contribution in [-0.4, -0.2) is 57.1 Å². The summed E-state index contributed by atoms with van der Waals surface area (Å²) in [6, 6.07) is 5.58. The van der Waals surface area contributed by atoms with E-state index in [1.54, 1.807) is 14.2 Å². The summed E-state index contributed by atoms with van der Waals surface area (Å²) in [6.45, 7) is 11.7. The van der Waals surface area contributed by atoms with E-state index in [0.29, 0.717) is 37.7 Å². The standard InChI is InChI=1S/C26H46N2O5/c1-18(2)20(15-21(27)22(29)17-28-25(30)16-26(3,4)5)13-19-9-10-23(32-7)24(14-19)33-12-8-11-31-6/h9-10,14,18,20-22,29H,8,11-13,15-17,27H2,1-7H3,(H,28,30). The summed E-state index contributed by atoms with van der Waals surface area (Å²) < 4.78 is 16.4. The van der Waals surface area contributed by atoms with E-state index in [1.807, 2.05) is 39.0 Å². The number of hydrogen-bond donors (Lipinski definition) is 3. The van der Waals surface area contributed by atoms with Gasteiger partial charge < -0.3 is 30.4 Å². The fourth-order valence-corrected chi connectivity index (χ4v) is 3.66. The van der Waals surface area contributed by atoms with Gasteiger partial charge in [0.05, 0.1) is 19.8 Å². The Morgan fingerprint density at radius 1 is 1.15 bits per heavy atom. The lowest BCUT2D eigenvalue weighted by atomic mass is 9.83. The first-order chi connectivity index (χ1) is 15.5. The van der Waals surface area contributed by atoms with Gasteiger partial charge >= 0.3 is 0 Å². The highest BCUT2D eigenvalue weighted by molar-refractivity contribution is 5.76. The van der Waals surface area contributed by atoms with Crippen molar-refractivity contribution in [2.24, 2.45) is 23.0 Å². The molecule has 1 aromatic carbocycles. The molecule has 0 aliphatic rings. The van der Waals surface area contributed by atoms with Crippen LogP contribution in [0.4, 0.5) is 0 Å². The largest absolute Gasteiger partial charge is 0.493 e. The smallest absolute Gasteiger partial charge is 0.220 e. The molecule has 0 aliphatic carbocycles. The molecule has 33 heavy (non-hydrogen) atoms. The van der Waals surface area contributed by atoms with Gasteiger partial charge in [0.15, 0.2) is 11.5 Å². The first-order valence-corrected chi connectivity index (χ1v) is 12.0. The molecule has 0 aromatic heterocycles. The Balaban J connectivity index is 2.72. The van der Waals surface area contributed by atoms with Crippen LogP contribution in [0.3, 0.4) is 0 Å². The fourth-order valence-electron chi connectivity index (χ4n) is 3.66. The maximum Gasteiger partial charge on any atom is 0.220 e.